The van der Waals surface area contributed by atoms with Gasteiger partial charge in [0.1, 0.15) is 11.4 Å². The zero-order valence-corrected chi connectivity index (χ0v) is 20.1. The number of carbonyl (C=O) groups excluding carboxylic acids is 1. The third kappa shape index (κ3) is 4.96. The van der Waals surface area contributed by atoms with Gasteiger partial charge in [0.25, 0.3) is 0 Å². The molecule has 164 valence electrons. The minimum Gasteiger partial charge on any atom is -0.444 e. The van der Waals surface area contributed by atoms with Crippen LogP contribution in [0, 0.1) is 0 Å². The SMILES string of the molecule is CC(C)(C)OC(=O)N1CCCC(Nc2cc(-c3ccccc3Cl)nc3c(Br)cnn23)C1. The molecule has 1 fully saturated rings. The van der Waals surface area contributed by atoms with Crippen molar-refractivity contribution < 1.29 is 9.53 Å². The molecule has 31 heavy (non-hydrogen) atoms. The zero-order chi connectivity index (χ0) is 22.2. The van der Waals surface area contributed by atoms with E-state index in [1.807, 2.05) is 51.1 Å². The van der Waals surface area contributed by atoms with Crippen LogP contribution in [0.3, 0.4) is 0 Å². The van der Waals surface area contributed by atoms with Gasteiger partial charge in [-0.05, 0) is 55.6 Å². The number of amides is 1. The summed E-state index contributed by atoms with van der Waals surface area (Å²) in [5, 5.41) is 8.65. The number of carbonyl (C=O) groups is 1. The highest BCUT2D eigenvalue weighted by atomic mass is 79.9. The molecule has 0 radical (unpaired) electrons. The van der Waals surface area contributed by atoms with Gasteiger partial charge in [0, 0.05) is 35.8 Å². The molecule has 7 nitrogen and oxygen atoms in total. The van der Waals surface area contributed by atoms with Crippen molar-refractivity contribution >= 4 is 45.1 Å². The molecule has 2 aromatic heterocycles. The van der Waals surface area contributed by atoms with Gasteiger partial charge < -0.3 is 15.0 Å². The maximum absolute atomic E-state index is 12.5. The third-order valence-corrected chi connectivity index (χ3v) is 5.89. The fraction of sp³-hybridized carbons (Fsp3) is 0.409. The lowest BCUT2D eigenvalue weighted by Gasteiger charge is -2.34. The summed E-state index contributed by atoms with van der Waals surface area (Å²) in [6.07, 6.45) is 3.27. The molecule has 3 aromatic rings. The number of hydrogen-bond donors (Lipinski definition) is 1. The molecule has 0 spiro atoms. The van der Waals surface area contributed by atoms with E-state index < -0.39 is 5.60 Å². The van der Waals surface area contributed by atoms with Crippen molar-refractivity contribution in [3.05, 3.63) is 46.0 Å². The molecule has 0 saturated carbocycles. The molecule has 1 aliphatic rings. The Morgan fingerprint density at radius 1 is 1.32 bits per heavy atom. The minimum absolute atomic E-state index is 0.0638. The summed E-state index contributed by atoms with van der Waals surface area (Å²) in [5.74, 6) is 0.793. The molecule has 0 bridgehead atoms. The Balaban J connectivity index is 1.62. The van der Waals surface area contributed by atoms with Gasteiger partial charge in [-0.3, -0.25) is 0 Å². The predicted molar refractivity (Wildman–Crippen MR) is 126 cm³/mol. The number of fused-ring (bicyclic) bond motifs is 1. The lowest BCUT2D eigenvalue weighted by atomic mass is 10.1. The summed E-state index contributed by atoms with van der Waals surface area (Å²) < 4.78 is 8.11. The van der Waals surface area contributed by atoms with Crippen LogP contribution in [0.2, 0.25) is 5.02 Å². The number of aromatic nitrogens is 3. The smallest absolute Gasteiger partial charge is 0.410 e. The van der Waals surface area contributed by atoms with Crippen molar-refractivity contribution in [3.63, 3.8) is 0 Å². The number of nitrogens with zero attached hydrogens (tertiary/aromatic N) is 4. The van der Waals surface area contributed by atoms with Gasteiger partial charge in [-0.1, -0.05) is 29.8 Å². The average molecular weight is 507 g/mol. The van der Waals surface area contributed by atoms with Crippen molar-refractivity contribution in [2.45, 2.75) is 45.3 Å². The number of halogens is 2. The van der Waals surface area contributed by atoms with Crippen LogP contribution in [-0.4, -0.2) is 50.3 Å². The van der Waals surface area contributed by atoms with Crippen LogP contribution in [-0.2, 0) is 4.74 Å². The summed E-state index contributed by atoms with van der Waals surface area (Å²) in [6.45, 7) is 6.89. The molecule has 1 atom stereocenters. The standard InChI is InChI=1S/C22H25BrClN5O2/c1-22(2,3)31-21(30)28-10-6-7-14(13-28)26-19-11-18(15-8-4-5-9-17(15)24)27-20-16(23)12-25-29(19)20/h4-5,8-9,11-12,14,26H,6-7,10,13H2,1-3H3. The third-order valence-electron chi connectivity index (χ3n) is 5.00. The van der Waals surface area contributed by atoms with Crippen molar-refractivity contribution in [1.29, 1.82) is 0 Å². The highest BCUT2D eigenvalue weighted by Crippen LogP contribution is 2.31. The Bertz CT molecular complexity index is 1110. The monoisotopic (exact) mass is 505 g/mol. The van der Waals surface area contributed by atoms with Gasteiger partial charge in [0.05, 0.1) is 16.4 Å². The molecule has 4 rings (SSSR count). The van der Waals surface area contributed by atoms with E-state index in [-0.39, 0.29) is 12.1 Å². The van der Waals surface area contributed by atoms with E-state index in [2.05, 4.69) is 26.3 Å². The second kappa shape index (κ2) is 8.67. The predicted octanol–water partition coefficient (Wildman–Crippen LogP) is 5.62. The van der Waals surface area contributed by atoms with Gasteiger partial charge >= 0.3 is 6.09 Å². The van der Waals surface area contributed by atoms with Crippen molar-refractivity contribution in [1.82, 2.24) is 19.5 Å². The topological polar surface area (TPSA) is 71.8 Å². The molecule has 1 aliphatic heterocycles. The molecule has 1 unspecified atom stereocenters. The van der Waals surface area contributed by atoms with Gasteiger partial charge in [0.15, 0.2) is 5.65 Å². The lowest BCUT2D eigenvalue weighted by Crippen LogP contribution is -2.47. The molecule has 1 saturated heterocycles. The number of likely N-dealkylation sites (tertiary alicyclic amines) is 1. The highest BCUT2D eigenvalue weighted by Gasteiger charge is 2.28. The molecular weight excluding hydrogens is 482 g/mol. The number of anilines is 1. The summed E-state index contributed by atoms with van der Waals surface area (Å²) in [5.41, 5.74) is 1.78. The summed E-state index contributed by atoms with van der Waals surface area (Å²) in [4.78, 5) is 19.0. The number of ether oxygens (including phenoxy) is 1. The van der Waals surface area contributed by atoms with Crippen LogP contribution < -0.4 is 5.32 Å². The van der Waals surface area contributed by atoms with E-state index in [9.17, 15) is 4.79 Å². The second-order valence-electron chi connectivity index (χ2n) is 8.64. The van der Waals surface area contributed by atoms with E-state index >= 15 is 0 Å². The summed E-state index contributed by atoms with van der Waals surface area (Å²) in [7, 11) is 0. The van der Waals surface area contributed by atoms with Crippen molar-refractivity contribution in [3.8, 4) is 11.3 Å². The normalized spacial score (nSPS) is 17.1. The van der Waals surface area contributed by atoms with Crippen molar-refractivity contribution in [2.24, 2.45) is 0 Å². The van der Waals surface area contributed by atoms with Gasteiger partial charge in [-0.25, -0.2) is 9.78 Å². The Kier molecular flexibility index (Phi) is 6.12. The first-order chi connectivity index (χ1) is 14.7. The fourth-order valence-corrected chi connectivity index (χ4v) is 4.22. The molecule has 3 heterocycles. The van der Waals surface area contributed by atoms with Crippen molar-refractivity contribution in [2.75, 3.05) is 18.4 Å². The van der Waals surface area contributed by atoms with E-state index in [0.717, 1.165) is 34.4 Å². The minimum atomic E-state index is -0.514. The number of piperidine rings is 1. The van der Waals surface area contributed by atoms with Crippen LogP contribution >= 0.6 is 27.5 Å². The van der Waals surface area contributed by atoms with Crippen LogP contribution in [0.25, 0.3) is 16.9 Å². The average Bonchev–Trinajstić information content (AvgIpc) is 3.08. The molecular formula is C22H25BrClN5O2. The summed E-state index contributed by atoms with van der Waals surface area (Å²) >= 11 is 9.95. The van der Waals surface area contributed by atoms with Crippen LogP contribution in [0.1, 0.15) is 33.6 Å². The molecule has 0 aliphatic carbocycles. The first kappa shape index (κ1) is 21.9. The zero-order valence-electron chi connectivity index (χ0n) is 17.7. The van der Waals surface area contributed by atoms with Gasteiger partial charge in [-0.2, -0.15) is 9.61 Å². The Labute approximate surface area is 194 Å². The lowest BCUT2D eigenvalue weighted by molar-refractivity contribution is 0.0206. The number of benzene rings is 1. The first-order valence-corrected chi connectivity index (χ1v) is 11.4. The molecule has 1 N–H and O–H groups in total. The first-order valence-electron chi connectivity index (χ1n) is 10.2. The number of rotatable bonds is 3. The quantitative estimate of drug-likeness (QED) is 0.499. The second-order valence-corrected chi connectivity index (χ2v) is 9.91. The summed E-state index contributed by atoms with van der Waals surface area (Å²) in [6, 6.07) is 9.63. The van der Waals surface area contributed by atoms with Gasteiger partial charge in [0.2, 0.25) is 0 Å². The van der Waals surface area contributed by atoms with E-state index in [0.29, 0.717) is 23.8 Å². The van der Waals surface area contributed by atoms with Crippen LogP contribution in [0.15, 0.2) is 41.0 Å². The fourth-order valence-electron chi connectivity index (χ4n) is 3.64. The Hall–Kier alpha value is -2.32. The molecule has 1 amide bonds. The molecule has 9 heteroatoms. The largest absolute Gasteiger partial charge is 0.444 e. The Morgan fingerprint density at radius 2 is 2.10 bits per heavy atom. The van der Waals surface area contributed by atoms with E-state index in [4.69, 9.17) is 21.3 Å². The van der Waals surface area contributed by atoms with E-state index in [1.54, 1.807) is 15.6 Å². The highest BCUT2D eigenvalue weighted by molar-refractivity contribution is 9.10. The molecule has 1 aromatic carbocycles. The maximum Gasteiger partial charge on any atom is 0.410 e. The number of nitrogens with one attached hydrogen (secondary N) is 1. The van der Waals surface area contributed by atoms with Crippen LogP contribution in [0.4, 0.5) is 10.6 Å². The van der Waals surface area contributed by atoms with Crippen LogP contribution in [0.5, 0.6) is 0 Å². The maximum atomic E-state index is 12.5. The van der Waals surface area contributed by atoms with Gasteiger partial charge in [-0.15, -0.1) is 0 Å². The number of hydrogen-bond acceptors (Lipinski definition) is 5. The Morgan fingerprint density at radius 3 is 2.84 bits per heavy atom. The van der Waals surface area contributed by atoms with E-state index in [1.165, 1.54) is 0 Å².